The zero-order chi connectivity index (χ0) is 25.5. The summed E-state index contributed by atoms with van der Waals surface area (Å²) in [4.78, 5) is 31.7. The molecule has 0 radical (unpaired) electrons. The highest BCUT2D eigenvalue weighted by Crippen LogP contribution is 2.73. The molecule has 0 amide bonds. The monoisotopic (exact) mass is 507 g/mol. The Labute approximate surface area is 211 Å². The highest BCUT2D eigenvalue weighted by molar-refractivity contribution is 7.92. The van der Waals surface area contributed by atoms with Gasteiger partial charge in [-0.15, -0.1) is 0 Å². The molecule has 0 aliphatic heterocycles. The van der Waals surface area contributed by atoms with Crippen LogP contribution in [0.1, 0.15) is 71.6 Å². The zero-order valence-electron chi connectivity index (χ0n) is 21.0. The number of Topliss-reactive ketones (excluding diaryl/α,β-unsaturated/α-hetero) is 1. The topological polar surface area (TPSA) is 141 Å². The number of fused-ring (bicyclic) bond motifs is 3. The van der Waals surface area contributed by atoms with Crippen LogP contribution >= 0.6 is 0 Å². The van der Waals surface area contributed by atoms with Crippen LogP contribution in [0.15, 0.2) is 12.2 Å². The van der Waals surface area contributed by atoms with Gasteiger partial charge >= 0.3 is 11.9 Å². The number of nitrogens with two attached hydrogens (primary N) is 1. The van der Waals surface area contributed by atoms with Gasteiger partial charge < -0.3 is 20.5 Å². The second kappa shape index (κ2) is 10.2. The fraction of sp³-hybridized carbons (Fsp3) is 0.815. The van der Waals surface area contributed by atoms with Crippen molar-refractivity contribution in [2.45, 2.75) is 76.9 Å². The second-order valence-electron chi connectivity index (χ2n) is 12.0. The van der Waals surface area contributed by atoms with Gasteiger partial charge in [0, 0.05) is 30.4 Å². The van der Waals surface area contributed by atoms with E-state index in [0.29, 0.717) is 41.1 Å². The predicted molar refractivity (Wildman–Crippen MR) is 134 cm³/mol. The van der Waals surface area contributed by atoms with Crippen LogP contribution in [0.3, 0.4) is 0 Å². The third kappa shape index (κ3) is 4.71. The van der Waals surface area contributed by atoms with Gasteiger partial charge in [0.15, 0.2) is 0 Å². The molecule has 5 aliphatic rings. The molecule has 5 saturated carbocycles. The lowest BCUT2D eigenvalue weighted by atomic mass is 9.45. The molecule has 0 aromatic heterocycles. The molecule has 8 heteroatoms. The van der Waals surface area contributed by atoms with Gasteiger partial charge in [-0.3, -0.25) is 4.79 Å². The largest absolute Gasteiger partial charge is 0.616 e. The van der Waals surface area contributed by atoms with E-state index in [0.717, 1.165) is 61.0 Å². The van der Waals surface area contributed by atoms with Crippen molar-refractivity contribution in [3.8, 4) is 0 Å². The standard InChI is InChI=1S/C23H37NO2S.C4H4O4/c1-22-7-6-19-17(18(22)4-5-21(22)25)11-14-10-15-12-16(27(26)9-3-8-24)13-20(14)23(15,19)2;5-3(6)1-2-4(7)8/h14-20H,3-13,24H2,1-2H3;1-2H,(H,5,6)(H,7,8)/b;2-1+/t14?,15?,16-,17-,18+,19+,20?,22-,23+,27?;/m0./s1. The third-order valence-corrected chi connectivity index (χ3v) is 12.5. The molecule has 4 N–H and O–H groups in total. The second-order valence-corrected chi connectivity index (χ2v) is 13.9. The summed E-state index contributed by atoms with van der Waals surface area (Å²) in [5.74, 6) is 3.48. The van der Waals surface area contributed by atoms with Crippen molar-refractivity contribution in [1.29, 1.82) is 0 Å². The number of carbonyl (C=O) groups excluding carboxylic acids is 1. The van der Waals surface area contributed by atoms with Gasteiger partial charge in [0.05, 0.1) is 0 Å². The quantitative estimate of drug-likeness (QED) is 0.368. The Kier molecular flexibility index (Phi) is 7.75. The van der Waals surface area contributed by atoms with E-state index in [9.17, 15) is 18.9 Å². The average molecular weight is 508 g/mol. The molecule has 5 fully saturated rings. The Morgan fingerprint density at radius 1 is 1.06 bits per heavy atom. The number of rotatable bonds is 6. The van der Waals surface area contributed by atoms with Crippen LogP contribution in [0.4, 0.5) is 0 Å². The summed E-state index contributed by atoms with van der Waals surface area (Å²) in [6.07, 6.45) is 11.5. The number of carboxylic acids is 2. The first kappa shape index (κ1) is 26.7. The molecular weight excluding hydrogens is 466 g/mol. The molecular formula is C27H41NO6S. The molecule has 35 heavy (non-hydrogen) atoms. The Balaban J connectivity index is 0.000000314. The van der Waals surface area contributed by atoms with Gasteiger partial charge in [-0.2, -0.15) is 0 Å². The van der Waals surface area contributed by atoms with E-state index >= 15 is 0 Å². The molecule has 10 atom stereocenters. The Morgan fingerprint density at radius 3 is 2.37 bits per heavy atom. The van der Waals surface area contributed by atoms with Gasteiger partial charge in [-0.1, -0.05) is 25.0 Å². The van der Waals surface area contributed by atoms with Crippen molar-refractivity contribution in [2.24, 2.45) is 52.1 Å². The van der Waals surface area contributed by atoms with Crippen LogP contribution in [0.2, 0.25) is 0 Å². The molecule has 0 aromatic rings. The fourth-order valence-corrected chi connectivity index (χ4v) is 10.8. The first-order chi connectivity index (χ1) is 16.5. The number of ketones is 1. The number of aliphatic carboxylic acids is 2. The average Bonchev–Trinajstić information content (AvgIpc) is 3.09. The lowest BCUT2D eigenvalue weighted by molar-refractivity contribution is -0.139. The molecule has 7 nitrogen and oxygen atoms in total. The minimum atomic E-state index is -1.26. The number of carboxylic acid groups (broad SMARTS) is 2. The maximum absolute atomic E-state index is 12.8. The Bertz CT molecular complexity index is 862. The molecule has 0 aromatic carbocycles. The summed E-state index contributed by atoms with van der Waals surface area (Å²) >= 11 is -0.684. The lowest BCUT2D eigenvalue weighted by Crippen LogP contribution is -2.55. The minimum Gasteiger partial charge on any atom is -0.616 e. The van der Waals surface area contributed by atoms with Gasteiger partial charge in [-0.25, -0.2) is 9.59 Å². The highest BCUT2D eigenvalue weighted by Gasteiger charge is 2.68. The molecule has 196 valence electrons. The molecule has 0 heterocycles. The maximum atomic E-state index is 12.8. The van der Waals surface area contributed by atoms with Crippen molar-refractivity contribution in [1.82, 2.24) is 0 Å². The molecule has 0 saturated heterocycles. The van der Waals surface area contributed by atoms with E-state index in [1.807, 2.05) is 0 Å². The fourth-order valence-electron chi connectivity index (χ4n) is 9.18. The van der Waals surface area contributed by atoms with Crippen molar-refractivity contribution in [3.63, 3.8) is 0 Å². The first-order valence-electron chi connectivity index (χ1n) is 13.3. The van der Waals surface area contributed by atoms with Crippen LogP contribution in [0, 0.1) is 46.3 Å². The van der Waals surface area contributed by atoms with Crippen molar-refractivity contribution < 1.29 is 29.1 Å². The predicted octanol–water partition coefficient (Wildman–Crippen LogP) is 3.63. The summed E-state index contributed by atoms with van der Waals surface area (Å²) in [6.45, 7) is 5.56. The van der Waals surface area contributed by atoms with Crippen LogP contribution in [0.5, 0.6) is 0 Å². The van der Waals surface area contributed by atoms with Crippen molar-refractivity contribution >= 4 is 28.9 Å². The SMILES string of the molecule is C[C@@]12C3CC(C[C@@H]4[C@H]1CC[C@]1(C)C(=O)CC[C@H]41)C2C[C@@H]([S+]([O-])CCCN)C3.O=C(O)/C=C/C(=O)O. The lowest BCUT2D eigenvalue weighted by Gasteiger charge is -2.59. The van der Waals surface area contributed by atoms with E-state index in [1.54, 1.807) is 0 Å². The van der Waals surface area contributed by atoms with E-state index in [2.05, 4.69) is 13.8 Å². The third-order valence-electron chi connectivity index (χ3n) is 10.7. The molecule has 4 bridgehead atoms. The van der Waals surface area contributed by atoms with Gasteiger partial charge in [0.25, 0.3) is 0 Å². The van der Waals surface area contributed by atoms with Crippen LogP contribution < -0.4 is 5.73 Å². The molecule has 0 spiro atoms. The Morgan fingerprint density at radius 2 is 1.74 bits per heavy atom. The summed E-state index contributed by atoms with van der Waals surface area (Å²) in [7, 11) is 0. The smallest absolute Gasteiger partial charge is 0.328 e. The maximum Gasteiger partial charge on any atom is 0.328 e. The van der Waals surface area contributed by atoms with E-state index in [-0.39, 0.29) is 5.41 Å². The number of carbonyl (C=O) groups is 3. The van der Waals surface area contributed by atoms with Gasteiger partial charge in [0.2, 0.25) is 0 Å². The molecule has 5 rings (SSSR count). The first-order valence-corrected chi connectivity index (χ1v) is 14.6. The molecule has 5 aliphatic carbocycles. The van der Waals surface area contributed by atoms with Crippen LogP contribution in [-0.4, -0.2) is 50.0 Å². The normalized spacial score (nSPS) is 44.2. The van der Waals surface area contributed by atoms with Gasteiger partial charge in [-0.05, 0) is 92.4 Å². The summed E-state index contributed by atoms with van der Waals surface area (Å²) in [5, 5.41) is 16.0. The van der Waals surface area contributed by atoms with E-state index in [4.69, 9.17) is 15.9 Å². The highest BCUT2D eigenvalue weighted by atomic mass is 32.2. The summed E-state index contributed by atoms with van der Waals surface area (Å²) < 4.78 is 12.8. The zero-order valence-corrected chi connectivity index (χ0v) is 21.8. The Hall–Kier alpha value is -1.38. The van der Waals surface area contributed by atoms with Crippen molar-refractivity contribution in [3.05, 3.63) is 12.2 Å². The van der Waals surface area contributed by atoms with Crippen LogP contribution in [0.25, 0.3) is 0 Å². The minimum absolute atomic E-state index is 0.00429. The summed E-state index contributed by atoms with van der Waals surface area (Å²) in [5.41, 5.74) is 6.10. The molecule has 4 unspecified atom stereocenters. The van der Waals surface area contributed by atoms with E-state index < -0.39 is 23.1 Å². The van der Waals surface area contributed by atoms with Crippen molar-refractivity contribution in [2.75, 3.05) is 12.3 Å². The van der Waals surface area contributed by atoms with Crippen LogP contribution in [-0.2, 0) is 25.6 Å². The number of hydrogen-bond donors (Lipinski definition) is 3. The van der Waals surface area contributed by atoms with Gasteiger partial charge in [0.1, 0.15) is 16.8 Å². The summed E-state index contributed by atoms with van der Waals surface area (Å²) in [6, 6.07) is 0. The number of hydrogen-bond acceptors (Lipinski definition) is 5. The van der Waals surface area contributed by atoms with E-state index in [1.165, 1.54) is 32.1 Å².